The van der Waals surface area contributed by atoms with Crippen LogP contribution in [0.25, 0.3) is 0 Å². The molecule has 1 amide bonds. The number of halogens is 3. The number of carbonyl (C=O) groups excluding carboxylic acids is 2. The highest BCUT2D eigenvalue weighted by molar-refractivity contribution is 5.96. The summed E-state index contributed by atoms with van der Waals surface area (Å²) in [6, 6.07) is 5.85. The summed E-state index contributed by atoms with van der Waals surface area (Å²) in [5.41, 5.74) is 0.231. The molecule has 1 aromatic carbocycles. The van der Waals surface area contributed by atoms with Crippen LogP contribution in [0.3, 0.4) is 0 Å². The Morgan fingerprint density at radius 1 is 1.25 bits per heavy atom. The minimum atomic E-state index is -4.55. The number of benzene rings is 1. The third-order valence-corrected chi connectivity index (χ3v) is 4.34. The van der Waals surface area contributed by atoms with E-state index >= 15 is 0 Å². The molecule has 1 N–H and O–H groups in total. The number of carbonyl (C=O) groups is 2. The van der Waals surface area contributed by atoms with Gasteiger partial charge in [-0.3, -0.25) is 9.48 Å². The van der Waals surface area contributed by atoms with E-state index in [1.54, 1.807) is 0 Å². The van der Waals surface area contributed by atoms with Crippen molar-refractivity contribution in [3.63, 3.8) is 0 Å². The van der Waals surface area contributed by atoms with E-state index in [2.05, 4.69) is 15.2 Å². The summed E-state index contributed by atoms with van der Waals surface area (Å²) < 4.78 is 50.4. The Hall–Kier alpha value is -2.88. The van der Waals surface area contributed by atoms with Gasteiger partial charge in [0, 0.05) is 29.8 Å². The zero-order valence-electron chi connectivity index (χ0n) is 15.0. The molecule has 2 aromatic rings. The van der Waals surface area contributed by atoms with Crippen LogP contribution in [-0.4, -0.2) is 41.9 Å². The molecule has 3 rings (SSSR count). The third kappa shape index (κ3) is 4.16. The molecule has 0 bridgehead atoms. The number of alkyl halides is 3. The SMILES string of the molecule is COC(=O)c1ccc(C(=O)NCCn2nc(C(F)(F)F)c3c2CCOC3)cc1. The average molecular weight is 397 g/mol. The van der Waals surface area contributed by atoms with Gasteiger partial charge in [0.05, 0.1) is 32.4 Å². The van der Waals surface area contributed by atoms with Crippen LogP contribution in [0.4, 0.5) is 13.2 Å². The Kier molecular flexibility index (Phi) is 5.68. The summed E-state index contributed by atoms with van der Waals surface area (Å²) in [6.45, 7) is 0.409. The fourth-order valence-corrected chi connectivity index (χ4v) is 2.97. The van der Waals surface area contributed by atoms with E-state index in [1.165, 1.54) is 36.1 Å². The summed E-state index contributed by atoms with van der Waals surface area (Å²) in [5, 5.41) is 6.32. The summed E-state index contributed by atoms with van der Waals surface area (Å²) in [7, 11) is 1.26. The van der Waals surface area contributed by atoms with Crippen molar-refractivity contribution in [2.75, 3.05) is 20.3 Å². The molecule has 0 saturated carbocycles. The maximum Gasteiger partial charge on any atom is 0.435 e. The van der Waals surface area contributed by atoms with E-state index < -0.39 is 23.7 Å². The predicted octanol–water partition coefficient (Wildman–Crippen LogP) is 2.19. The number of amides is 1. The second kappa shape index (κ2) is 8.01. The van der Waals surface area contributed by atoms with E-state index in [-0.39, 0.29) is 25.3 Å². The van der Waals surface area contributed by atoms with Gasteiger partial charge in [-0.05, 0) is 24.3 Å². The van der Waals surface area contributed by atoms with E-state index in [9.17, 15) is 22.8 Å². The second-order valence-corrected chi connectivity index (χ2v) is 6.12. The first-order valence-corrected chi connectivity index (χ1v) is 8.51. The molecule has 1 aliphatic heterocycles. The number of rotatable bonds is 5. The van der Waals surface area contributed by atoms with Crippen LogP contribution in [0.1, 0.15) is 37.7 Å². The van der Waals surface area contributed by atoms with Crippen LogP contribution in [0, 0.1) is 0 Å². The molecule has 0 radical (unpaired) electrons. The zero-order chi connectivity index (χ0) is 20.3. The third-order valence-electron chi connectivity index (χ3n) is 4.34. The highest BCUT2D eigenvalue weighted by Gasteiger charge is 2.39. The quantitative estimate of drug-likeness (QED) is 0.783. The minimum Gasteiger partial charge on any atom is -0.465 e. The van der Waals surface area contributed by atoms with Gasteiger partial charge in [-0.1, -0.05) is 0 Å². The topological polar surface area (TPSA) is 82.5 Å². The van der Waals surface area contributed by atoms with Crippen LogP contribution >= 0.6 is 0 Å². The fourth-order valence-electron chi connectivity index (χ4n) is 2.97. The fraction of sp³-hybridized carbons (Fsp3) is 0.389. The molecule has 0 unspecified atom stereocenters. The first-order chi connectivity index (χ1) is 13.3. The van der Waals surface area contributed by atoms with Crippen molar-refractivity contribution < 1.29 is 32.2 Å². The molecule has 150 valence electrons. The zero-order valence-corrected chi connectivity index (χ0v) is 15.0. The van der Waals surface area contributed by atoms with Gasteiger partial charge in [0.1, 0.15) is 0 Å². The molecule has 2 heterocycles. The molecule has 28 heavy (non-hydrogen) atoms. The van der Waals surface area contributed by atoms with Crippen molar-refractivity contribution in [2.45, 2.75) is 25.7 Å². The van der Waals surface area contributed by atoms with Gasteiger partial charge < -0.3 is 14.8 Å². The van der Waals surface area contributed by atoms with Crippen molar-refractivity contribution in [3.05, 3.63) is 52.3 Å². The Labute approximate surface area is 158 Å². The van der Waals surface area contributed by atoms with Gasteiger partial charge in [-0.2, -0.15) is 18.3 Å². The molecule has 1 aliphatic rings. The lowest BCUT2D eigenvalue weighted by atomic mass is 10.1. The van der Waals surface area contributed by atoms with E-state index in [1.807, 2.05) is 0 Å². The monoisotopic (exact) mass is 397 g/mol. The molecule has 0 atom stereocenters. The Morgan fingerprint density at radius 2 is 1.93 bits per heavy atom. The first kappa shape index (κ1) is 19.9. The Balaban J connectivity index is 1.64. The minimum absolute atomic E-state index is 0.0588. The molecule has 0 spiro atoms. The lowest BCUT2D eigenvalue weighted by molar-refractivity contribution is -0.142. The van der Waals surface area contributed by atoms with Crippen LogP contribution in [0.15, 0.2) is 24.3 Å². The van der Waals surface area contributed by atoms with Crippen molar-refractivity contribution in [1.29, 1.82) is 0 Å². The normalized spacial score (nSPS) is 13.7. The number of esters is 1. The molecular formula is C18H18F3N3O4. The highest BCUT2D eigenvalue weighted by Crippen LogP contribution is 2.34. The van der Waals surface area contributed by atoms with Crippen LogP contribution in [0.2, 0.25) is 0 Å². The molecule has 1 aromatic heterocycles. The lowest BCUT2D eigenvalue weighted by Crippen LogP contribution is -2.28. The van der Waals surface area contributed by atoms with Crippen LogP contribution in [0.5, 0.6) is 0 Å². The summed E-state index contributed by atoms with van der Waals surface area (Å²) in [6.07, 6.45) is -4.22. The van der Waals surface area contributed by atoms with Crippen LogP contribution in [-0.2, 0) is 35.2 Å². The number of fused-ring (bicyclic) bond motifs is 1. The lowest BCUT2D eigenvalue weighted by Gasteiger charge is -2.15. The standard InChI is InChI=1S/C18H18F3N3O4/c1-27-17(26)12-4-2-11(3-5-12)16(25)22-7-8-24-14-6-9-28-10-13(14)15(23-24)18(19,20)21/h2-5H,6-10H2,1H3,(H,22,25). The summed E-state index contributed by atoms with van der Waals surface area (Å²) >= 11 is 0. The summed E-state index contributed by atoms with van der Waals surface area (Å²) in [5.74, 6) is -0.920. The van der Waals surface area contributed by atoms with Gasteiger partial charge >= 0.3 is 12.1 Å². The molecular weight excluding hydrogens is 379 g/mol. The predicted molar refractivity (Wildman–Crippen MR) is 90.7 cm³/mol. The van der Waals surface area contributed by atoms with Crippen LogP contribution < -0.4 is 5.32 Å². The average Bonchev–Trinajstić information content (AvgIpc) is 3.07. The number of nitrogens with zero attached hydrogens (tertiary/aromatic N) is 2. The molecule has 0 fully saturated rings. The van der Waals surface area contributed by atoms with E-state index in [0.717, 1.165) is 0 Å². The van der Waals surface area contributed by atoms with Crippen molar-refractivity contribution in [3.8, 4) is 0 Å². The molecule has 7 nitrogen and oxygen atoms in total. The maximum atomic E-state index is 13.1. The smallest absolute Gasteiger partial charge is 0.435 e. The molecule has 10 heteroatoms. The van der Waals surface area contributed by atoms with Crippen molar-refractivity contribution in [1.82, 2.24) is 15.1 Å². The number of methoxy groups -OCH3 is 1. The summed E-state index contributed by atoms with van der Waals surface area (Å²) in [4.78, 5) is 23.6. The van der Waals surface area contributed by atoms with Gasteiger partial charge in [0.15, 0.2) is 5.69 Å². The van der Waals surface area contributed by atoms with E-state index in [4.69, 9.17) is 4.74 Å². The molecule has 0 saturated heterocycles. The maximum absolute atomic E-state index is 13.1. The first-order valence-electron chi connectivity index (χ1n) is 8.51. The number of ether oxygens (including phenoxy) is 2. The van der Waals surface area contributed by atoms with Gasteiger partial charge in [0.2, 0.25) is 0 Å². The highest BCUT2D eigenvalue weighted by atomic mass is 19.4. The number of hydrogen-bond donors (Lipinski definition) is 1. The Morgan fingerprint density at radius 3 is 2.57 bits per heavy atom. The largest absolute Gasteiger partial charge is 0.465 e. The van der Waals surface area contributed by atoms with Crippen molar-refractivity contribution >= 4 is 11.9 Å². The number of hydrogen-bond acceptors (Lipinski definition) is 5. The number of nitrogens with one attached hydrogen (secondary N) is 1. The van der Waals surface area contributed by atoms with Gasteiger partial charge in [-0.15, -0.1) is 0 Å². The molecule has 0 aliphatic carbocycles. The van der Waals surface area contributed by atoms with E-state index in [0.29, 0.717) is 29.8 Å². The van der Waals surface area contributed by atoms with Crippen molar-refractivity contribution in [2.24, 2.45) is 0 Å². The van der Waals surface area contributed by atoms with Gasteiger partial charge in [0.25, 0.3) is 5.91 Å². The Bertz CT molecular complexity index is 875. The number of aromatic nitrogens is 2. The van der Waals surface area contributed by atoms with Gasteiger partial charge in [-0.25, -0.2) is 4.79 Å². The second-order valence-electron chi connectivity index (χ2n) is 6.12.